The Labute approximate surface area is 121 Å². The number of hydrogen-bond donors (Lipinski definition) is 1. The first-order valence-corrected chi connectivity index (χ1v) is 6.57. The number of hydrogen-bond acceptors (Lipinski definition) is 1. The van der Waals surface area contributed by atoms with Crippen molar-refractivity contribution in [1.29, 1.82) is 0 Å². The first-order valence-electron chi connectivity index (χ1n) is 5.44. The molecule has 4 heteroatoms. The zero-order chi connectivity index (χ0) is 13.1. The van der Waals surface area contributed by atoms with Gasteiger partial charge in [-0.05, 0) is 35.4 Å². The summed E-state index contributed by atoms with van der Waals surface area (Å²) in [6.07, 6.45) is -0.168. The highest BCUT2D eigenvalue weighted by molar-refractivity contribution is 6.35. The smallest absolute Gasteiger partial charge is 0.0830 e. The van der Waals surface area contributed by atoms with Crippen LogP contribution in [0, 0.1) is 0 Å². The van der Waals surface area contributed by atoms with Crippen molar-refractivity contribution in [3.63, 3.8) is 0 Å². The maximum atomic E-state index is 10.1. The molecule has 2 aromatic carbocycles. The highest BCUT2D eigenvalue weighted by Crippen LogP contribution is 2.26. The molecule has 0 radical (unpaired) electrons. The van der Waals surface area contributed by atoms with Crippen molar-refractivity contribution >= 4 is 34.8 Å². The van der Waals surface area contributed by atoms with Crippen molar-refractivity contribution in [2.45, 2.75) is 12.5 Å². The first kappa shape index (κ1) is 13.7. The summed E-state index contributed by atoms with van der Waals surface area (Å²) in [7, 11) is 0. The minimum absolute atomic E-state index is 0.442. The van der Waals surface area contributed by atoms with Gasteiger partial charge < -0.3 is 5.11 Å². The molecule has 0 heterocycles. The molecule has 0 aliphatic rings. The Morgan fingerprint density at radius 3 is 2.11 bits per heavy atom. The zero-order valence-electron chi connectivity index (χ0n) is 9.41. The molecule has 0 aliphatic carbocycles. The van der Waals surface area contributed by atoms with Gasteiger partial charge in [-0.1, -0.05) is 53.0 Å². The van der Waals surface area contributed by atoms with Crippen LogP contribution in [0.4, 0.5) is 0 Å². The summed E-state index contributed by atoms with van der Waals surface area (Å²) in [5.41, 5.74) is 1.67. The van der Waals surface area contributed by atoms with Crippen molar-refractivity contribution in [2.75, 3.05) is 0 Å². The van der Waals surface area contributed by atoms with Gasteiger partial charge in [0.2, 0.25) is 0 Å². The maximum Gasteiger partial charge on any atom is 0.0830 e. The molecule has 1 unspecified atom stereocenters. The molecule has 1 atom stereocenters. The third kappa shape index (κ3) is 3.39. The predicted molar refractivity (Wildman–Crippen MR) is 76.6 cm³/mol. The van der Waals surface area contributed by atoms with E-state index in [1.165, 1.54) is 0 Å². The number of rotatable bonds is 3. The van der Waals surface area contributed by atoms with E-state index >= 15 is 0 Å². The summed E-state index contributed by atoms with van der Waals surface area (Å²) >= 11 is 17.7. The molecule has 0 saturated heterocycles. The molecule has 0 aromatic heterocycles. The van der Waals surface area contributed by atoms with Crippen molar-refractivity contribution in [3.8, 4) is 0 Å². The fraction of sp³-hybridized carbons (Fsp3) is 0.143. The molecule has 0 amide bonds. The minimum atomic E-state index is -0.610. The van der Waals surface area contributed by atoms with Gasteiger partial charge in [0.15, 0.2) is 0 Å². The van der Waals surface area contributed by atoms with Crippen molar-refractivity contribution in [3.05, 3.63) is 68.7 Å². The molecule has 0 aliphatic heterocycles. The van der Waals surface area contributed by atoms with Crippen LogP contribution in [0.25, 0.3) is 0 Å². The molecule has 1 nitrogen and oxygen atoms in total. The van der Waals surface area contributed by atoms with E-state index in [2.05, 4.69) is 0 Å². The summed E-state index contributed by atoms with van der Waals surface area (Å²) < 4.78 is 0. The molecule has 0 saturated carbocycles. The standard InChI is InChI=1S/C14H11Cl3O/c15-11-4-1-9(2-5-11)14(18)7-10-3-6-12(16)8-13(10)17/h1-6,8,14,18H,7H2. The monoisotopic (exact) mass is 300 g/mol. The van der Waals surface area contributed by atoms with E-state index in [-0.39, 0.29) is 0 Å². The quantitative estimate of drug-likeness (QED) is 0.853. The first-order chi connectivity index (χ1) is 8.56. The SMILES string of the molecule is OC(Cc1ccc(Cl)cc1Cl)c1ccc(Cl)cc1. The van der Waals surface area contributed by atoms with Crippen molar-refractivity contribution < 1.29 is 5.11 Å². The van der Waals surface area contributed by atoms with E-state index < -0.39 is 6.10 Å². The minimum Gasteiger partial charge on any atom is -0.388 e. The van der Waals surface area contributed by atoms with Crippen LogP contribution in [0.3, 0.4) is 0 Å². The number of benzene rings is 2. The van der Waals surface area contributed by atoms with Crippen LogP contribution in [-0.4, -0.2) is 5.11 Å². The van der Waals surface area contributed by atoms with Gasteiger partial charge in [0.1, 0.15) is 0 Å². The Kier molecular flexibility index (Phi) is 4.52. The van der Waals surface area contributed by atoms with Crippen LogP contribution in [0.1, 0.15) is 17.2 Å². The molecule has 2 rings (SSSR count). The lowest BCUT2D eigenvalue weighted by atomic mass is 10.0. The van der Waals surface area contributed by atoms with Gasteiger partial charge in [-0.25, -0.2) is 0 Å². The second kappa shape index (κ2) is 5.94. The van der Waals surface area contributed by atoms with Crippen LogP contribution in [0.5, 0.6) is 0 Å². The molecule has 1 N–H and O–H groups in total. The van der Waals surface area contributed by atoms with Crippen LogP contribution < -0.4 is 0 Å². The summed E-state index contributed by atoms with van der Waals surface area (Å²) in [5.74, 6) is 0. The van der Waals surface area contributed by atoms with Crippen molar-refractivity contribution in [1.82, 2.24) is 0 Å². The summed E-state index contributed by atoms with van der Waals surface area (Å²) in [4.78, 5) is 0. The van der Waals surface area contributed by atoms with Crippen LogP contribution in [-0.2, 0) is 6.42 Å². The number of halogens is 3. The molecule has 0 spiro atoms. The maximum absolute atomic E-state index is 10.1. The zero-order valence-corrected chi connectivity index (χ0v) is 11.7. The Balaban J connectivity index is 2.15. The van der Waals surface area contributed by atoms with Crippen LogP contribution >= 0.6 is 34.8 Å². The van der Waals surface area contributed by atoms with Gasteiger partial charge in [-0.3, -0.25) is 0 Å². The highest BCUT2D eigenvalue weighted by Gasteiger charge is 2.11. The predicted octanol–water partition coefficient (Wildman–Crippen LogP) is 4.92. The molecule has 94 valence electrons. The molecule has 0 bridgehead atoms. The number of aliphatic hydroxyl groups excluding tert-OH is 1. The third-order valence-corrected chi connectivity index (χ3v) is 3.52. The summed E-state index contributed by atoms with van der Waals surface area (Å²) in [6.45, 7) is 0. The van der Waals surface area contributed by atoms with Gasteiger partial charge in [0.05, 0.1) is 6.10 Å². The highest BCUT2D eigenvalue weighted by atomic mass is 35.5. The fourth-order valence-corrected chi connectivity index (χ4v) is 2.31. The molecular weight excluding hydrogens is 291 g/mol. The molecular formula is C14H11Cl3O. The molecule has 0 fully saturated rings. The Hall–Kier alpha value is -0.730. The average molecular weight is 302 g/mol. The van der Waals surface area contributed by atoms with Crippen molar-refractivity contribution in [2.24, 2.45) is 0 Å². The van der Waals surface area contributed by atoms with Gasteiger partial charge in [0, 0.05) is 21.5 Å². The van der Waals surface area contributed by atoms with Gasteiger partial charge >= 0.3 is 0 Å². The Morgan fingerprint density at radius 2 is 1.50 bits per heavy atom. The number of aliphatic hydroxyl groups is 1. The van der Waals surface area contributed by atoms with E-state index in [1.807, 2.05) is 6.07 Å². The van der Waals surface area contributed by atoms with E-state index in [4.69, 9.17) is 34.8 Å². The van der Waals surface area contributed by atoms with E-state index in [9.17, 15) is 5.11 Å². The largest absolute Gasteiger partial charge is 0.388 e. The van der Waals surface area contributed by atoms with E-state index in [0.717, 1.165) is 11.1 Å². The topological polar surface area (TPSA) is 20.2 Å². The normalized spacial score (nSPS) is 12.4. The third-order valence-electron chi connectivity index (χ3n) is 2.68. The average Bonchev–Trinajstić information content (AvgIpc) is 2.33. The van der Waals surface area contributed by atoms with Gasteiger partial charge in [0.25, 0.3) is 0 Å². The van der Waals surface area contributed by atoms with E-state index in [0.29, 0.717) is 21.5 Å². The Morgan fingerprint density at radius 1 is 0.889 bits per heavy atom. The Bertz CT molecular complexity index is 537. The van der Waals surface area contributed by atoms with Crippen LogP contribution in [0.15, 0.2) is 42.5 Å². The van der Waals surface area contributed by atoms with Crippen LogP contribution in [0.2, 0.25) is 15.1 Å². The summed E-state index contributed by atoms with van der Waals surface area (Å²) in [5, 5.41) is 11.9. The molecule has 18 heavy (non-hydrogen) atoms. The second-order valence-electron chi connectivity index (χ2n) is 4.01. The lowest BCUT2D eigenvalue weighted by Gasteiger charge is -2.12. The second-order valence-corrected chi connectivity index (χ2v) is 5.29. The fourth-order valence-electron chi connectivity index (χ4n) is 1.70. The summed E-state index contributed by atoms with van der Waals surface area (Å²) in [6, 6.07) is 12.4. The van der Waals surface area contributed by atoms with E-state index in [1.54, 1.807) is 36.4 Å². The molecule has 2 aromatic rings. The lowest BCUT2D eigenvalue weighted by Crippen LogP contribution is -2.02. The lowest BCUT2D eigenvalue weighted by molar-refractivity contribution is 0.178. The van der Waals surface area contributed by atoms with Gasteiger partial charge in [-0.2, -0.15) is 0 Å². The van der Waals surface area contributed by atoms with Gasteiger partial charge in [-0.15, -0.1) is 0 Å².